The highest BCUT2D eigenvalue weighted by atomic mass is 32.2. The maximum atomic E-state index is 4.43. The number of rotatable bonds is 8. The molecule has 3 rings (SSSR count). The molecule has 0 unspecified atom stereocenters. The molecule has 3 aromatic rings. The van der Waals surface area contributed by atoms with Crippen molar-refractivity contribution in [2.24, 2.45) is 0 Å². The molecule has 0 atom stereocenters. The predicted octanol–water partition coefficient (Wildman–Crippen LogP) is 5.67. The third-order valence-electron chi connectivity index (χ3n) is 4.11. The zero-order chi connectivity index (χ0) is 18.4. The second-order valence-electron chi connectivity index (χ2n) is 6.11. The first kappa shape index (κ1) is 18.8. The molecular formula is C21H23N3S2. The van der Waals surface area contributed by atoms with E-state index in [4.69, 9.17) is 0 Å². The number of thioether (sulfide) groups is 2. The summed E-state index contributed by atoms with van der Waals surface area (Å²) in [5.74, 6) is 2.68. The number of allylic oxidation sites excluding steroid dienone is 1. The minimum atomic E-state index is 0.729. The topological polar surface area (TPSA) is 30.7 Å². The van der Waals surface area contributed by atoms with E-state index < -0.39 is 0 Å². The minimum Gasteiger partial charge on any atom is -0.301 e. The number of aromatic nitrogens is 3. The smallest absolute Gasteiger partial charge is 0.191 e. The fraction of sp³-hybridized carbons (Fsp3) is 0.238. The van der Waals surface area contributed by atoms with E-state index in [1.54, 1.807) is 23.5 Å². The zero-order valence-corrected chi connectivity index (χ0v) is 16.8. The normalized spacial score (nSPS) is 10.8. The number of benzene rings is 2. The maximum Gasteiger partial charge on any atom is 0.191 e. The predicted molar refractivity (Wildman–Crippen MR) is 112 cm³/mol. The second kappa shape index (κ2) is 9.10. The molecule has 0 fully saturated rings. The third kappa shape index (κ3) is 4.80. The summed E-state index contributed by atoms with van der Waals surface area (Å²) in [5, 5.41) is 9.80. The molecule has 0 aliphatic heterocycles. The van der Waals surface area contributed by atoms with Gasteiger partial charge in [0.1, 0.15) is 5.82 Å². The van der Waals surface area contributed by atoms with Gasteiger partial charge in [0.15, 0.2) is 5.16 Å². The van der Waals surface area contributed by atoms with Crippen LogP contribution in [0.3, 0.4) is 0 Å². The Morgan fingerprint density at radius 3 is 2.46 bits per heavy atom. The molecule has 0 aliphatic carbocycles. The van der Waals surface area contributed by atoms with E-state index in [0.29, 0.717) is 0 Å². The van der Waals surface area contributed by atoms with Crippen LogP contribution in [0.2, 0.25) is 0 Å². The van der Waals surface area contributed by atoms with Gasteiger partial charge in [0, 0.05) is 17.2 Å². The lowest BCUT2D eigenvalue weighted by molar-refractivity contribution is 0.700. The Bertz CT molecular complexity index is 869. The zero-order valence-electron chi connectivity index (χ0n) is 15.2. The van der Waals surface area contributed by atoms with Crippen LogP contribution in [-0.4, -0.2) is 14.8 Å². The molecule has 0 saturated heterocycles. The van der Waals surface area contributed by atoms with Crippen LogP contribution in [0.15, 0.2) is 71.2 Å². The number of nitrogens with zero attached hydrogens (tertiary/aromatic N) is 3. The van der Waals surface area contributed by atoms with Gasteiger partial charge in [-0.05, 0) is 37.1 Å². The monoisotopic (exact) mass is 381 g/mol. The third-order valence-corrected chi connectivity index (χ3v) is 6.14. The molecule has 0 amide bonds. The van der Waals surface area contributed by atoms with Crippen molar-refractivity contribution in [1.29, 1.82) is 0 Å². The Hall–Kier alpha value is -1.98. The van der Waals surface area contributed by atoms with Crippen LogP contribution in [0.25, 0.3) is 0 Å². The van der Waals surface area contributed by atoms with Gasteiger partial charge in [0.05, 0.1) is 5.75 Å². The van der Waals surface area contributed by atoms with Gasteiger partial charge in [0.2, 0.25) is 0 Å². The first-order valence-electron chi connectivity index (χ1n) is 8.57. The molecule has 1 aromatic heterocycles. The van der Waals surface area contributed by atoms with E-state index in [1.807, 2.05) is 6.08 Å². The van der Waals surface area contributed by atoms with Crippen molar-refractivity contribution >= 4 is 23.5 Å². The van der Waals surface area contributed by atoms with Crippen LogP contribution < -0.4 is 0 Å². The maximum absolute atomic E-state index is 4.43. The van der Waals surface area contributed by atoms with Gasteiger partial charge in [0.25, 0.3) is 0 Å². The van der Waals surface area contributed by atoms with Crippen molar-refractivity contribution in [3.63, 3.8) is 0 Å². The summed E-state index contributed by atoms with van der Waals surface area (Å²) in [7, 11) is 0. The van der Waals surface area contributed by atoms with Gasteiger partial charge in [-0.15, -0.1) is 28.5 Å². The van der Waals surface area contributed by atoms with E-state index in [9.17, 15) is 0 Å². The van der Waals surface area contributed by atoms with Crippen molar-refractivity contribution in [3.05, 3.63) is 83.7 Å². The molecule has 0 saturated carbocycles. The second-order valence-corrected chi connectivity index (χ2v) is 8.11. The summed E-state index contributed by atoms with van der Waals surface area (Å²) >= 11 is 3.52. The Kier molecular flexibility index (Phi) is 6.58. The molecule has 134 valence electrons. The molecule has 0 bridgehead atoms. The van der Waals surface area contributed by atoms with Crippen molar-refractivity contribution in [1.82, 2.24) is 14.8 Å². The van der Waals surface area contributed by atoms with Crippen molar-refractivity contribution < 1.29 is 0 Å². The van der Waals surface area contributed by atoms with Crippen LogP contribution in [0.4, 0.5) is 0 Å². The van der Waals surface area contributed by atoms with Gasteiger partial charge in [-0.3, -0.25) is 0 Å². The summed E-state index contributed by atoms with van der Waals surface area (Å²) in [5.41, 5.74) is 3.92. The molecule has 0 radical (unpaired) electrons. The van der Waals surface area contributed by atoms with Gasteiger partial charge in [-0.25, -0.2) is 0 Å². The van der Waals surface area contributed by atoms with E-state index in [-0.39, 0.29) is 0 Å². The fourth-order valence-electron chi connectivity index (χ4n) is 2.54. The van der Waals surface area contributed by atoms with Crippen LogP contribution in [0.5, 0.6) is 0 Å². The van der Waals surface area contributed by atoms with Crippen molar-refractivity contribution in [2.45, 2.75) is 41.9 Å². The SMILES string of the molecule is C=CCn1c(CSc2ccc(C)cc2)nnc1SCc1ccccc1C. The standard InChI is InChI=1S/C21H23N3S2/c1-4-13-24-20(15-25-19-11-9-16(2)10-12-19)22-23-21(24)26-14-18-8-6-5-7-17(18)3/h4-12H,1,13-15H2,2-3H3. The van der Waals surface area contributed by atoms with E-state index in [2.05, 4.69) is 83.7 Å². The summed E-state index contributed by atoms with van der Waals surface area (Å²) in [6.07, 6.45) is 1.90. The molecule has 26 heavy (non-hydrogen) atoms. The first-order valence-corrected chi connectivity index (χ1v) is 10.5. The summed E-state index contributed by atoms with van der Waals surface area (Å²) in [6.45, 7) is 8.87. The van der Waals surface area contributed by atoms with E-state index >= 15 is 0 Å². The molecule has 0 N–H and O–H groups in total. The summed E-state index contributed by atoms with van der Waals surface area (Å²) < 4.78 is 2.16. The Labute approximate surface area is 163 Å². The molecule has 3 nitrogen and oxygen atoms in total. The van der Waals surface area contributed by atoms with Gasteiger partial charge in [-0.1, -0.05) is 59.8 Å². The largest absolute Gasteiger partial charge is 0.301 e. The van der Waals surface area contributed by atoms with Crippen LogP contribution in [-0.2, 0) is 18.1 Å². The van der Waals surface area contributed by atoms with Gasteiger partial charge < -0.3 is 4.57 Å². The average molecular weight is 382 g/mol. The number of hydrogen-bond donors (Lipinski definition) is 0. The summed E-state index contributed by atoms with van der Waals surface area (Å²) in [4.78, 5) is 1.25. The molecular weight excluding hydrogens is 358 g/mol. The Morgan fingerprint density at radius 1 is 0.962 bits per heavy atom. The molecule has 0 aliphatic rings. The average Bonchev–Trinajstić information content (AvgIpc) is 3.03. The minimum absolute atomic E-state index is 0.729. The van der Waals surface area contributed by atoms with Crippen LogP contribution in [0, 0.1) is 13.8 Å². The fourth-order valence-corrected chi connectivity index (χ4v) is 4.42. The Balaban J connectivity index is 1.70. The molecule has 5 heteroatoms. The van der Waals surface area contributed by atoms with Crippen molar-refractivity contribution in [3.8, 4) is 0 Å². The van der Waals surface area contributed by atoms with Gasteiger partial charge >= 0.3 is 0 Å². The highest BCUT2D eigenvalue weighted by Gasteiger charge is 2.12. The van der Waals surface area contributed by atoms with Gasteiger partial charge in [-0.2, -0.15) is 0 Å². The van der Waals surface area contributed by atoms with Crippen LogP contribution >= 0.6 is 23.5 Å². The molecule has 2 aromatic carbocycles. The highest BCUT2D eigenvalue weighted by Crippen LogP contribution is 2.27. The molecule has 0 spiro atoms. The van der Waals surface area contributed by atoms with Crippen molar-refractivity contribution in [2.75, 3.05) is 0 Å². The Morgan fingerprint density at radius 2 is 1.73 bits per heavy atom. The number of hydrogen-bond acceptors (Lipinski definition) is 4. The first-order chi connectivity index (χ1) is 12.7. The lowest BCUT2D eigenvalue weighted by atomic mass is 10.1. The molecule has 1 heterocycles. The van der Waals surface area contributed by atoms with E-state index in [0.717, 1.165) is 29.0 Å². The van der Waals surface area contributed by atoms with Crippen LogP contribution in [0.1, 0.15) is 22.5 Å². The summed E-state index contributed by atoms with van der Waals surface area (Å²) in [6, 6.07) is 17.1. The van der Waals surface area contributed by atoms with E-state index in [1.165, 1.54) is 21.6 Å². The highest BCUT2D eigenvalue weighted by molar-refractivity contribution is 7.98. The number of aryl methyl sites for hydroxylation is 2. The lowest BCUT2D eigenvalue weighted by Crippen LogP contribution is -2.03. The quantitative estimate of drug-likeness (QED) is 0.372. The lowest BCUT2D eigenvalue weighted by Gasteiger charge is -2.09.